The number of benzene rings is 2. The van der Waals surface area contributed by atoms with E-state index in [4.69, 9.17) is 4.74 Å². The molecule has 4 aromatic rings. The van der Waals surface area contributed by atoms with Crippen LogP contribution in [0, 0.1) is 19.7 Å². The van der Waals surface area contributed by atoms with Crippen molar-refractivity contribution in [3.05, 3.63) is 92.8 Å². The van der Waals surface area contributed by atoms with Gasteiger partial charge in [0.15, 0.2) is 10.9 Å². The summed E-state index contributed by atoms with van der Waals surface area (Å²) in [5.74, 6) is -1.08. The van der Waals surface area contributed by atoms with E-state index in [2.05, 4.69) is 9.97 Å². The number of H-pyrrole nitrogens is 1. The topological polar surface area (TPSA) is 94.1 Å². The normalized spacial score (nSPS) is 11.1. The van der Waals surface area contributed by atoms with Gasteiger partial charge in [0.1, 0.15) is 5.82 Å². The van der Waals surface area contributed by atoms with Gasteiger partial charge in [-0.1, -0.05) is 36.0 Å². The third-order valence-electron chi connectivity index (χ3n) is 5.61. The van der Waals surface area contributed by atoms with Gasteiger partial charge in [-0.3, -0.25) is 14.2 Å². The Bertz CT molecular complexity index is 1470. The third-order valence-corrected chi connectivity index (χ3v) is 6.59. The minimum Gasteiger partial charge on any atom is -0.462 e. The van der Waals surface area contributed by atoms with E-state index in [0.717, 1.165) is 17.3 Å². The molecule has 0 aliphatic carbocycles. The lowest BCUT2D eigenvalue weighted by Crippen LogP contribution is -2.24. The van der Waals surface area contributed by atoms with E-state index in [1.165, 1.54) is 16.7 Å². The minimum atomic E-state index is -0.477. The van der Waals surface area contributed by atoms with Crippen molar-refractivity contribution in [3.63, 3.8) is 0 Å². The first-order valence-electron chi connectivity index (χ1n) is 11.1. The number of ketones is 1. The average molecular weight is 494 g/mol. The minimum absolute atomic E-state index is 0.00272. The third kappa shape index (κ3) is 5.05. The van der Waals surface area contributed by atoms with E-state index in [1.54, 1.807) is 57.2 Å². The Kier molecular flexibility index (Phi) is 7.16. The molecule has 0 aliphatic rings. The highest BCUT2D eigenvalue weighted by Gasteiger charge is 2.23. The molecule has 0 amide bonds. The number of para-hydroxylation sites is 1. The molecule has 35 heavy (non-hydrogen) atoms. The summed E-state index contributed by atoms with van der Waals surface area (Å²) in [7, 11) is 0. The van der Waals surface area contributed by atoms with Crippen molar-refractivity contribution in [1.29, 1.82) is 0 Å². The fourth-order valence-electron chi connectivity index (χ4n) is 3.91. The van der Waals surface area contributed by atoms with Gasteiger partial charge < -0.3 is 9.72 Å². The summed E-state index contributed by atoms with van der Waals surface area (Å²) < 4.78 is 20.0. The van der Waals surface area contributed by atoms with Gasteiger partial charge in [0.2, 0.25) is 0 Å². The predicted octanol–water partition coefficient (Wildman–Crippen LogP) is 4.68. The summed E-state index contributed by atoms with van der Waals surface area (Å²) >= 11 is 1.14. The van der Waals surface area contributed by atoms with Crippen LogP contribution < -0.4 is 5.56 Å². The SMILES string of the molecule is CCOC(=O)c1c(C)[nH]c(C(=O)CSc2nc3ccccc3c(=O)n2Cc2ccc(F)cc2)c1C. The van der Waals surface area contributed by atoms with Gasteiger partial charge in [0.05, 0.1) is 41.1 Å². The van der Waals surface area contributed by atoms with Crippen LogP contribution in [-0.2, 0) is 11.3 Å². The predicted molar refractivity (Wildman–Crippen MR) is 133 cm³/mol. The molecular weight excluding hydrogens is 469 g/mol. The second kappa shape index (κ2) is 10.3. The number of hydrogen-bond acceptors (Lipinski definition) is 6. The number of nitrogens with one attached hydrogen (secondary N) is 1. The molecule has 0 aliphatic heterocycles. The summed E-state index contributed by atoms with van der Waals surface area (Å²) in [6.45, 7) is 5.56. The maximum absolute atomic E-state index is 13.4. The quantitative estimate of drug-likeness (QED) is 0.166. The standard InChI is InChI=1S/C26H24FN3O4S/c1-4-34-25(33)22-15(2)23(28-16(22)3)21(31)14-35-26-29-20-8-6-5-7-19(20)24(32)30(26)13-17-9-11-18(27)12-10-17/h5-12,28H,4,13-14H2,1-3H3. The molecule has 9 heteroatoms. The van der Waals surface area contributed by atoms with Gasteiger partial charge in [-0.2, -0.15) is 0 Å². The van der Waals surface area contributed by atoms with Crippen molar-refractivity contribution >= 4 is 34.4 Å². The maximum atomic E-state index is 13.4. The van der Waals surface area contributed by atoms with Gasteiger partial charge in [0.25, 0.3) is 5.56 Å². The van der Waals surface area contributed by atoms with Crippen molar-refractivity contribution < 1.29 is 18.7 Å². The fraction of sp³-hybridized carbons (Fsp3) is 0.231. The first-order valence-corrected chi connectivity index (χ1v) is 12.0. The molecule has 2 aromatic heterocycles. The Labute approximate surface area is 205 Å². The van der Waals surface area contributed by atoms with Crippen molar-refractivity contribution in [2.45, 2.75) is 32.5 Å². The van der Waals surface area contributed by atoms with Crippen LogP contribution >= 0.6 is 11.8 Å². The molecule has 0 saturated heterocycles. The van der Waals surface area contributed by atoms with Crippen LogP contribution in [0.25, 0.3) is 10.9 Å². The molecule has 0 saturated carbocycles. The van der Waals surface area contributed by atoms with Gasteiger partial charge in [-0.15, -0.1) is 0 Å². The van der Waals surface area contributed by atoms with E-state index in [9.17, 15) is 18.8 Å². The summed E-state index contributed by atoms with van der Waals surface area (Å²) in [4.78, 5) is 46.2. The van der Waals surface area contributed by atoms with Crippen LogP contribution in [0.1, 0.15) is 44.6 Å². The molecule has 180 valence electrons. The summed E-state index contributed by atoms with van der Waals surface area (Å²) in [6.07, 6.45) is 0. The number of hydrogen-bond donors (Lipinski definition) is 1. The highest BCUT2D eigenvalue weighted by Crippen LogP contribution is 2.24. The number of carbonyl (C=O) groups excluding carboxylic acids is 2. The van der Waals surface area contributed by atoms with Crippen LogP contribution in [0.2, 0.25) is 0 Å². The highest BCUT2D eigenvalue weighted by molar-refractivity contribution is 7.99. The Hall–Kier alpha value is -3.72. The van der Waals surface area contributed by atoms with Crippen molar-refractivity contribution in [1.82, 2.24) is 14.5 Å². The number of aryl methyl sites for hydroxylation is 1. The number of thioether (sulfide) groups is 1. The van der Waals surface area contributed by atoms with Crippen molar-refractivity contribution in [3.8, 4) is 0 Å². The zero-order valence-corrected chi connectivity index (χ0v) is 20.4. The van der Waals surface area contributed by atoms with E-state index < -0.39 is 5.97 Å². The lowest BCUT2D eigenvalue weighted by Gasteiger charge is -2.13. The molecule has 0 radical (unpaired) electrons. The summed E-state index contributed by atoms with van der Waals surface area (Å²) in [5, 5.41) is 0.832. The lowest BCUT2D eigenvalue weighted by molar-refractivity contribution is 0.0525. The molecule has 2 aromatic carbocycles. The smallest absolute Gasteiger partial charge is 0.340 e. The second-order valence-corrected chi connectivity index (χ2v) is 8.93. The van der Waals surface area contributed by atoms with Crippen LogP contribution in [0.3, 0.4) is 0 Å². The van der Waals surface area contributed by atoms with Gasteiger partial charge in [0, 0.05) is 5.69 Å². The Morgan fingerprint density at radius 1 is 1.11 bits per heavy atom. The highest BCUT2D eigenvalue weighted by atomic mass is 32.2. The number of esters is 1. The first kappa shape index (κ1) is 24.4. The van der Waals surface area contributed by atoms with E-state index in [-0.39, 0.29) is 36.1 Å². The second-order valence-electron chi connectivity index (χ2n) is 7.99. The summed E-state index contributed by atoms with van der Waals surface area (Å²) in [6, 6.07) is 12.9. The van der Waals surface area contributed by atoms with Crippen LogP contribution in [0.4, 0.5) is 4.39 Å². The van der Waals surface area contributed by atoms with Gasteiger partial charge >= 0.3 is 5.97 Å². The molecule has 0 bridgehead atoms. The molecule has 0 fully saturated rings. The molecule has 0 spiro atoms. The van der Waals surface area contributed by atoms with Crippen molar-refractivity contribution in [2.24, 2.45) is 0 Å². The number of aromatic nitrogens is 3. The first-order chi connectivity index (χ1) is 16.8. The monoisotopic (exact) mass is 493 g/mol. The molecular formula is C26H24FN3O4S. The van der Waals surface area contributed by atoms with Gasteiger partial charge in [-0.05, 0) is 56.2 Å². The number of Topliss-reactive ketones (excluding diaryl/α,β-unsaturated/α-hetero) is 1. The molecule has 0 atom stereocenters. The average Bonchev–Trinajstić information content (AvgIpc) is 3.15. The Morgan fingerprint density at radius 3 is 2.54 bits per heavy atom. The number of aromatic amines is 1. The van der Waals surface area contributed by atoms with Crippen molar-refractivity contribution in [2.75, 3.05) is 12.4 Å². The largest absolute Gasteiger partial charge is 0.462 e. The Balaban J connectivity index is 1.65. The molecule has 7 nitrogen and oxygen atoms in total. The van der Waals surface area contributed by atoms with E-state index >= 15 is 0 Å². The van der Waals surface area contributed by atoms with E-state index in [0.29, 0.717) is 38.6 Å². The van der Waals surface area contributed by atoms with E-state index in [1.807, 2.05) is 0 Å². The Morgan fingerprint density at radius 2 is 1.83 bits per heavy atom. The zero-order chi connectivity index (χ0) is 25.1. The van der Waals surface area contributed by atoms with Crippen LogP contribution in [-0.4, -0.2) is 38.6 Å². The molecule has 4 rings (SSSR count). The molecule has 0 unspecified atom stereocenters. The molecule has 2 heterocycles. The number of ether oxygens (including phenoxy) is 1. The van der Waals surface area contributed by atoms with Gasteiger partial charge in [-0.25, -0.2) is 14.2 Å². The lowest BCUT2D eigenvalue weighted by atomic mass is 10.1. The van der Waals surface area contributed by atoms with Crippen LogP contribution in [0.15, 0.2) is 58.5 Å². The number of fused-ring (bicyclic) bond motifs is 1. The number of nitrogens with zero attached hydrogens (tertiary/aromatic N) is 2. The zero-order valence-electron chi connectivity index (χ0n) is 19.6. The number of rotatable bonds is 8. The summed E-state index contributed by atoms with van der Waals surface area (Å²) in [5.41, 5.74) is 2.79. The van der Waals surface area contributed by atoms with Crippen LogP contribution in [0.5, 0.6) is 0 Å². The molecule has 1 N–H and O–H groups in total. The maximum Gasteiger partial charge on any atom is 0.340 e. The number of carbonyl (C=O) groups is 2. The number of halogens is 1. The fourth-order valence-corrected chi connectivity index (χ4v) is 4.78.